The standard InChI is InChI=1S/C24H26F3N7O3/c1-23(22(36)33-8-6-32(7-9-33)18-5-2-15(12-28)13-29-18)14-34(10-11-37-23)17-4-3-16-19(24(25,26)27)21(35)31-30-20(16)17/h2,5,13,17H,3-4,6-11,14H2,1H3,(H,31,35)/t17-,23+/m0/s1. The Hall–Kier alpha value is -3.50. The summed E-state index contributed by atoms with van der Waals surface area (Å²) in [5.74, 6) is 0.564. The minimum atomic E-state index is -4.76. The molecular formula is C24H26F3N7O3. The van der Waals surface area contributed by atoms with Crippen LogP contribution in [0.25, 0.3) is 0 Å². The maximum atomic E-state index is 13.5. The van der Waals surface area contributed by atoms with Gasteiger partial charge in [0.1, 0.15) is 17.5 Å². The van der Waals surface area contributed by atoms with Crippen LogP contribution in [0.3, 0.4) is 0 Å². The molecule has 5 rings (SSSR count). The maximum Gasteiger partial charge on any atom is 0.422 e. The first-order valence-electron chi connectivity index (χ1n) is 12.1. The van der Waals surface area contributed by atoms with Gasteiger partial charge in [0.2, 0.25) is 0 Å². The fourth-order valence-corrected chi connectivity index (χ4v) is 5.51. The number of rotatable bonds is 3. The number of nitrogens with one attached hydrogen (secondary N) is 1. The molecule has 0 bridgehead atoms. The second-order valence-corrected chi connectivity index (χ2v) is 9.69. The second-order valence-electron chi connectivity index (χ2n) is 9.69. The summed E-state index contributed by atoms with van der Waals surface area (Å²) < 4.78 is 46.5. The summed E-state index contributed by atoms with van der Waals surface area (Å²) in [6.45, 7) is 4.66. The predicted octanol–water partition coefficient (Wildman–Crippen LogP) is 1.48. The number of nitrogens with zero attached hydrogens (tertiary/aromatic N) is 6. The highest BCUT2D eigenvalue weighted by molar-refractivity contribution is 5.85. The number of pyridine rings is 1. The summed E-state index contributed by atoms with van der Waals surface area (Å²) in [6, 6.07) is 5.08. The number of carbonyl (C=O) groups is 1. The molecule has 1 amide bonds. The molecule has 0 spiro atoms. The van der Waals surface area contributed by atoms with Crippen LogP contribution in [0.2, 0.25) is 0 Å². The van der Waals surface area contributed by atoms with E-state index in [1.54, 1.807) is 24.0 Å². The van der Waals surface area contributed by atoms with Crippen molar-refractivity contribution in [2.24, 2.45) is 0 Å². The monoisotopic (exact) mass is 517 g/mol. The normalized spacial score (nSPS) is 24.6. The number of nitriles is 1. The third-order valence-electron chi connectivity index (χ3n) is 7.35. The van der Waals surface area contributed by atoms with E-state index in [4.69, 9.17) is 10.00 Å². The zero-order chi connectivity index (χ0) is 26.4. The number of hydrogen-bond acceptors (Lipinski definition) is 8. The van der Waals surface area contributed by atoms with Gasteiger partial charge in [-0.25, -0.2) is 10.1 Å². The van der Waals surface area contributed by atoms with E-state index in [-0.39, 0.29) is 36.7 Å². The fourth-order valence-electron chi connectivity index (χ4n) is 5.51. The number of piperazine rings is 1. The van der Waals surface area contributed by atoms with E-state index < -0.39 is 28.9 Å². The van der Waals surface area contributed by atoms with Crippen molar-refractivity contribution < 1.29 is 22.7 Å². The van der Waals surface area contributed by atoms with E-state index in [1.807, 2.05) is 21.0 Å². The van der Waals surface area contributed by atoms with Gasteiger partial charge in [0.15, 0.2) is 5.60 Å². The molecule has 4 heterocycles. The molecule has 2 aromatic heterocycles. The summed E-state index contributed by atoms with van der Waals surface area (Å²) in [4.78, 5) is 35.4. The zero-order valence-electron chi connectivity index (χ0n) is 20.2. The lowest BCUT2D eigenvalue weighted by molar-refractivity contribution is -0.170. The number of H-pyrrole nitrogens is 1. The average molecular weight is 518 g/mol. The van der Waals surface area contributed by atoms with Crippen molar-refractivity contribution in [1.82, 2.24) is 25.0 Å². The first kappa shape index (κ1) is 25.2. The lowest BCUT2D eigenvalue weighted by Gasteiger charge is -2.45. The topological polar surface area (TPSA) is 118 Å². The van der Waals surface area contributed by atoms with Gasteiger partial charge in [-0.3, -0.25) is 14.5 Å². The van der Waals surface area contributed by atoms with E-state index in [9.17, 15) is 22.8 Å². The van der Waals surface area contributed by atoms with Crippen molar-refractivity contribution >= 4 is 11.7 Å². The Morgan fingerprint density at radius 2 is 2.00 bits per heavy atom. The van der Waals surface area contributed by atoms with E-state index >= 15 is 0 Å². The van der Waals surface area contributed by atoms with E-state index in [0.29, 0.717) is 44.7 Å². The summed E-state index contributed by atoms with van der Waals surface area (Å²) in [5.41, 5.74) is -2.94. The van der Waals surface area contributed by atoms with Gasteiger partial charge in [0.05, 0.1) is 23.9 Å². The molecule has 1 aliphatic carbocycles. The first-order chi connectivity index (χ1) is 17.6. The molecule has 2 atom stereocenters. The molecular weight excluding hydrogens is 491 g/mol. The van der Waals surface area contributed by atoms with Crippen LogP contribution in [0.5, 0.6) is 0 Å². The van der Waals surface area contributed by atoms with Crippen LogP contribution < -0.4 is 10.5 Å². The van der Waals surface area contributed by atoms with Crippen molar-refractivity contribution in [2.45, 2.75) is 37.6 Å². The molecule has 13 heteroatoms. The van der Waals surface area contributed by atoms with Gasteiger partial charge >= 0.3 is 6.18 Å². The van der Waals surface area contributed by atoms with Gasteiger partial charge in [-0.2, -0.15) is 23.5 Å². The number of amides is 1. The quantitative estimate of drug-likeness (QED) is 0.651. The van der Waals surface area contributed by atoms with Crippen molar-refractivity contribution in [1.29, 1.82) is 5.26 Å². The molecule has 2 aromatic rings. The molecule has 2 fully saturated rings. The smallest absolute Gasteiger partial charge is 0.363 e. The highest BCUT2D eigenvalue weighted by atomic mass is 19.4. The number of alkyl halides is 3. The summed E-state index contributed by atoms with van der Waals surface area (Å²) in [6.07, 6.45) is -2.77. The second kappa shape index (κ2) is 9.42. The number of fused-ring (bicyclic) bond motifs is 1. The number of ether oxygens (including phenoxy) is 1. The largest absolute Gasteiger partial charge is 0.422 e. The highest BCUT2D eigenvalue weighted by Crippen LogP contribution is 2.41. The summed E-state index contributed by atoms with van der Waals surface area (Å²) >= 11 is 0. The van der Waals surface area contributed by atoms with Crippen molar-refractivity contribution in [2.75, 3.05) is 50.8 Å². The van der Waals surface area contributed by atoms with Crippen LogP contribution in [-0.4, -0.2) is 82.4 Å². The number of morpholine rings is 1. The molecule has 3 aliphatic rings. The van der Waals surface area contributed by atoms with E-state index in [0.717, 1.165) is 5.82 Å². The van der Waals surface area contributed by atoms with Crippen LogP contribution >= 0.6 is 0 Å². The van der Waals surface area contributed by atoms with Crippen molar-refractivity contribution in [3.63, 3.8) is 0 Å². The Bertz CT molecular complexity index is 1280. The lowest BCUT2D eigenvalue weighted by Crippen LogP contribution is -2.62. The number of halogens is 3. The molecule has 1 N–H and O–H groups in total. The van der Waals surface area contributed by atoms with Crippen LogP contribution in [0.4, 0.5) is 19.0 Å². The third kappa shape index (κ3) is 4.67. The summed E-state index contributed by atoms with van der Waals surface area (Å²) in [7, 11) is 0. The molecule has 0 unspecified atom stereocenters. The molecule has 37 heavy (non-hydrogen) atoms. The van der Waals surface area contributed by atoms with Gasteiger partial charge in [-0.05, 0) is 37.5 Å². The first-order valence-corrected chi connectivity index (χ1v) is 12.1. The number of anilines is 1. The van der Waals surface area contributed by atoms with Crippen molar-refractivity contribution in [3.8, 4) is 6.07 Å². The van der Waals surface area contributed by atoms with Gasteiger partial charge in [-0.1, -0.05) is 0 Å². The lowest BCUT2D eigenvalue weighted by atomic mass is 9.99. The predicted molar refractivity (Wildman–Crippen MR) is 125 cm³/mol. The Balaban J connectivity index is 1.27. The van der Waals surface area contributed by atoms with Crippen LogP contribution in [0, 0.1) is 11.3 Å². The Morgan fingerprint density at radius 1 is 1.24 bits per heavy atom. The molecule has 2 aliphatic heterocycles. The molecule has 0 radical (unpaired) electrons. The van der Waals surface area contributed by atoms with Crippen molar-refractivity contribution in [3.05, 3.63) is 51.1 Å². The number of hydrogen-bond donors (Lipinski definition) is 1. The fraction of sp³-hybridized carbons (Fsp3) is 0.542. The molecule has 0 saturated carbocycles. The number of aromatic nitrogens is 3. The maximum absolute atomic E-state index is 13.5. The van der Waals surface area contributed by atoms with Gasteiger partial charge < -0.3 is 14.5 Å². The SMILES string of the molecule is C[C@]1(C(=O)N2CCN(c3ccc(C#N)cn3)CC2)CN([C@H]2CCc3c2n[nH]c(=O)c3C(F)(F)F)CCO1. The molecule has 2 saturated heterocycles. The Labute approximate surface area is 210 Å². The van der Waals surface area contributed by atoms with E-state index in [2.05, 4.69) is 10.1 Å². The zero-order valence-corrected chi connectivity index (χ0v) is 20.2. The Morgan fingerprint density at radius 3 is 2.65 bits per heavy atom. The summed E-state index contributed by atoms with van der Waals surface area (Å²) in [5, 5.41) is 14.9. The minimum Gasteiger partial charge on any atom is -0.363 e. The number of carbonyl (C=O) groups excluding carboxylic acids is 1. The van der Waals surface area contributed by atoms with Gasteiger partial charge in [-0.15, -0.1) is 0 Å². The van der Waals surface area contributed by atoms with Crippen LogP contribution in [-0.2, 0) is 22.1 Å². The number of aromatic amines is 1. The highest BCUT2D eigenvalue weighted by Gasteiger charge is 2.47. The molecule has 196 valence electrons. The molecule has 0 aromatic carbocycles. The average Bonchev–Trinajstić information content (AvgIpc) is 3.31. The molecule has 10 nitrogen and oxygen atoms in total. The van der Waals surface area contributed by atoms with Crippen LogP contribution in [0.15, 0.2) is 23.1 Å². The Kier molecular flexibility index (Phi) is 6.41. The van der Waals surface area contributed by atoms with Gasteiger partial charge in [0.25, 0.3) is 11.5 Å². The minimum absolute atomic E-state index is 0.0618. The third-order valence-corrected chi connectivity index (χ3v) is 7.35. The van der Waals surface area contributed by atoms with Crippen LogP contribution in [0.1, 0.15) is 41.8 Å². The van der Waals surface area contributed by atoms with E-state index in [1.165, 1.54) is 6.20 Å². The van der Waals surface area contributed by atoms with Gasteiger partial charge in [0, 0.05) is 45.5 Å².